The van der Waals surface area contributed by atoms with Gasteiger partial charge >= 0.3 is 0 Å². The second kappa shape index (κ2) is 17.2. The first-order valence-corrected chi connectivity index (χ1v) is 6.58. The van der Waals surface area contributed by atoms with Crippen LogP contribution in [0.5, 0.6) is 0 Å². The van der Waals surface area contributed by atoms with Crippen molar-refractivity contribution in [2.75, 3.05) is 6.54 Å². The SMILES string of the molecule is C=CC(=C)N(CCC)/C(C=C)=C/C.CC.CC. The predicted molar refractivity (Wildman–Crippen MR) is 83.0 cm³/mol. The van der Waals surface area contributed by atoms with E-state index in [1.807, 2.05) is 46.8 Å². The molecule has 0 saturated carbocycles. The third-order valence-corrected chi connectivity index (χ3v) is 1.85. The van der Waals surface area contributed by atoms with Gasteiger partial charge in [0.25, 0.3) is 0 Å². The Bertz CT molecular complexity index is 224. The largest absolute Gasteiger partial charge is 0.342 e. The molecule has 0 aromatic carbocycles. The Morgan fingerprint density at radius 1 is 1.06 bits per heavy atom. The Morgan fingerprint density at radius 3 is 1.76 bits per heavy atom. The molecule has 0 N–H and O–H groups in total. The monoisotopic (exact) mass is 237 g/mol. The van der Waals surface area contributed by atoms with Gasteiger partial charge in [-0.2, -0.15) is 0 Å². The summed E-state index contributed by atoms with van der Waals surface area (Å²) in [6, 6.07) is 0. The van der Waals surface area contributed by atoms with E-state index in [1.165, 1.54) is 0 Å². The molecular weight excluding hydrogens is 206 g/mol. The molecule has 0 unspecified atom stereocenters. The van der Waals surface area contributed by atoms with E-state index in [1.54, 1.807) is 6.08 Å². The minimum atomic E-state index is 0.926. The lowest BCUT2D eigenvalue weighted by atomic mass is 10.2. The maximum Gasteiger partial charge on any atom is 0.0361 e. The molecule has 0 radical (unpaired) electrons. The zero-order chi connectivity index (χ0) is 14.3. The van der Waals surface area contributed by atoms with Crippen LogP contribution in [0.3, 0.4) is 0 Å². The summed E-state index contributed by atoms with van der Waals surface area (Å²) in [7, 11) is 0. The topological polar surface area (TPSA) is 3.24 Å². The second-order valence-electron chi connectivity index (χ2n) is 2.76. The second-order valence-corrected chi connectivity index (χ2v) is 2.76. The normalized spacial score (nSPS) is 8.94. The summed E-state index contributed by atoms with van der Waals surface area (Å²) in [4.78, 5) is 2.11. The predicted octanol–water partition coefficient (Wildman–Crippen LogP) is 5.54. The Labute approximate surface area is 109 Å². The van der Waals surface area contributed by atoms with Crippen LogP contribution in [0.15, 0.2) is 49.4 Å². The van der Waals surface area contributed by atoms with Crippen LogP contribution in [0.4, 0.5) is 0 Å². The van der Waals surface area contributed by atoms with Gasteiger partial charge in [-0.3, -0.25) is 0 Å². The van der Waals surface area contributed by atoms with Crippen LogP contribution in [-0.4, -0.2) is 11.4 Å². The molecule has 100 valence electrons. The number of nitrogens with zero attached hydrogens (tertiary/aromatic N) is 1. The molecule has 0 spiro atoms. The lowest BCUT2D eigenvalue weighted by Gasteiger charge is -2.25. The number of rotatable bonds is 6. The van der Waals surface area contributed by atoms with Gasteiger partial charge in [0.2, 0.25) is 0 Å². The first-order chi connectivity index (χ1) is 8.21. The van der Waals surface area contributed by atoms with Crippen molar-refractivity contribution in [3.8, 4) is 0 Å². The smallest absolute Gasteiger partial charge is 0.0361 e. The van der Waals surface area contributed by atoms with E-state index in [0.29, 0.717) is 0 Å². The van der Waals surface area contributed by atoms with E-state index >= 15 is 0 Å². The van der Waals surface area contributed by atoms with Crippen LogP contribution in [0.1, 0.15) is 48.0 Å². The summed E-state index contributed by atoms with van der Waals surface area (Å²) in [5, 5.41) is 0. The van der Waals surface area contributed by atoms with Gasteiger partial charge in [-0.05, 0) is 25.5 Å². The molecule has 1 nitrogen and oxygen atoms in total. The minimum absolute atomic E-state index is 0.926. The van der Waals surface area contributed by atoms with Gasteiger partial charge in [0.05, 0.1) is 0 Å². The van der Waals surface area contributed by atoms with E-state index in [0.717, 1.165) is 24.4 Å². The molecule has 0 heterocycles. The maximum absolute atomic E-state index is 3.93. The van der Waals surface area contributed by atoms with Crippen LogP contribution in [-0.2, 0) is 0 Å². The fraction of sp³-hybridized carbons (Fsp3) is 0.500. The summed E-state index contributed by atoms with van der Waals surface area (Å²) in [6.45, 7) is 24.5. The van der Waals surface area contributed by atoms with Crippen molar-refractivity contribution in [2.24, 2.45) is 0 Å². The first kappa shape index (κ1) is 21.1. The Morgan fingerprint density at radius 2 is 1.53 bits per heavy atom. The van der Waals surface area contributed by atoms with Crippen LogP contribution in [0.25, 0.3) is 0 Å². The quantitative estimate of drug-likeness (QED) is 0.548. The van der Waals surface area contributed by atoms with E-state index in [4.69, 9.17) is 0 Å². The third kappa shape index (κ3) is 9.68. The van der Waals surface area contributed by atoms with Crippen molar-refractivity contribution in [3.05, 3.63) is 49.4 Å². The van der Waals surface area contributed by atoms with E-state index in [-0.39, 0.29) is 0 Å². The van der Waals surface area contributed by atoms with Gasteiger partial charge in [-0.25, -0.2) is 0 Å². The summed E-state index contributed by atoms with van der Waals surface area (Å²) < 4.78 is 0. The maximum atomic E-state index is 3.93. The molecule has 0 rings (SSSR count). The van der Waals surface area contributed by atoms with Crippen LogP contribution >= 0.6 is 0 Å². The fourth-order valence-corrected chi connectivity index (χ4v) is 1.16. The van der Waals surface area contributed by atoms with Crippen molar-refractivity contribution in [1.29, 1.82) is 0 Å². The molecule has 0 aliphatic carbocycles. The van der Waals surface area contributed by atoms with Crippen molar-refractivity contribution < 1.29 is 0 Å². The highest BCUT2D eigenvalue weighted by Gasteiger charge is 2.05. The van der Waals surface area contributed by atoms with E-state index in [2.05, 4.69) is 31.6 Å². The molecule has 1 heteroatoms. The standard InChI is InChI=1S/C12H19N.2C2H6/c1-6-10-13(11(5)7-2)12(8-3)9-4;2*1-2/h7-9H,2-3,5-6,10H2,1,4H3;2*1-2H3/b12-9+;;. The van der Waals surface area contributed by atoms with Crippen LogP contribution < -0.4 is 0 Å². The van der Waals surface area contributed by atoms with Crippen molar-refractivity contribution >= 4 is 0 Å². The lowest BCUT2D eigenvalue weighted by molar-refractivity contribution is 0.451. The number of hydrogen-bond donors (Lipinski definition) is 0. The van der Waals surface area contributed by atoms with Crippen LogP contribution in [0.2, 0.25) is 0 Å². The molecule has 0 bridgehead atoms. The Balaban J connectivity index is -0.000000439. The number of allylic oxidation sites excluding steroid dienone is 3. The van der Waals surface area contributed by atoms with Gasteiger partial charge in [-0.1, -0.05) is 60.4 Å². The minimum Gasteiger partial charge on any atom is -0.342 e. The molecule has 0 fully saturated rings. The summed E-state index contributed by atoms with van der Waals surface area (Å²) in [6.07, 6.45) is 6.71. The molecular formula is C16H31N. The van der Waals surface area contributed by atoms with Crippen molar-refractivity contribution in [3.63, 3.8) is 0 Å². The lowest BCUT2D eigenvalue weighted by Crippen LogP contribution is -2.20. The average Bonchev–Trinajstić information content (AvgIpc) is 2.42. The van der Waals surface area contributed by atoms with E-state index < -0.39 is 0 Å². The van der Waals surface area contributed by atoms with Crippen molar-refractivity contribution in [2.45, 2.75) is 48.0 Å². The molecule has 17 heavy (non-hydrogen) atoms. The Kier molecular flexibility index (Phi) is 21.3. The van der Waals surface area contributed by atoms with Gasteiger partial charge < -0.3 is 4.90 Å². The molecule has 0 atom stereocenters. The fourth-order valence-electron chi connectivity index (χ4n) is 1.16. The first-order valence-electron chi connectivity index (χ1n) is 6.58. The zero-order valence-electron chi connectivity index (χ0n) is 12.7. The van der Waals surface area contributed by atoms with Gasteiger partial charge in [-0.15, -0.1) is 0 Å². The molecule has 0 aliphatic rings. The number of hydrogen-bond acceptors (Lipinski definition) is 1. The third-order valence-electron chi connectivity index (χ3n) is 1.85. The summed E-state index contributed by atoms with van der Waals surface area (Å²) in [5.74, 6) is 0. The van der Waals surface area contributed by atoms with Gasteiger partial charge in [0, 0.05) is 17.9 Å². The molecule has 0 saturated heterocycles. The van der Waals surface area contributed by atoms with Crippen molar-refractivity contribution in [1.82, 2.24) is 4.90 Å². The van der Waals surface area contributed by atoms with Gasteiger partial charge in [0.1, 0.15) is 0 Å². The summed E-state index contributed by atoms with van der Waals surface area (Å²) in [5.41, 5.74) is 2.02. The summed E-state index contributed by atoms with van der Waals surface area (Å²) >= 11 is 0. The highest BCUT2D eigenvalue weighted by Crippen LogP contribution is 2.13. The molecule has 0 aromatic heterocycles. The highest BCUT2D eigenvalue weighted by atomic mass is 15.1. The Hall–Kier alpha value is -1.24. The molecule has 0 aromatic rings. The van der Waals surface area contributed by atoms with Gasteiger partial charge in [0.15, 0.2) is 0 Å². The average molecular weight is 237 g/mol. The molecule has 0 aliphatic heterocycles. The highest BCUT2D eigenvalue weighted by molar-refractivity contribution is 5.24. The van der Waals surface area contributed by atoms with E-state index in [9.17, 15) is 0 Å². The van der Waals surface area contributed by atoms with Crippen LogP contribution in [0, 0.1) is 0 Å². The molecule has 0 amide bonds. The zero-order valence-corrected chi connectivity index (χ0v) is 12.7.